The van der Waals surface area contributed by atoms with Crippen molar-refractivity contribution in [2.75, 3.05) is 17.2 Å². The molecule has 0 aromatic carbocycles. The van der Waals surface area contributed by atoms with Gasteiger partial charge < -0.3 is 21.1 Å². The van der Waals surface area contributed by atoms with Crippen molar-refractivity contribution in [3.63, 3.8) is 0 Å². The molecule has 0 radical (unpaired) electrons. The van der Waals surface area contributed by atoms with Crippen molar-refractivity contribution in [2.45, 2.75) is 69.8 Å². The van der Waals surface area contributed by atoms with E-state index in [1.807, 2.05) is 6.92 Å². The summed E-state index contributed by atoms with van der Waals surface area (Å²) in [5, 5.41) is 6.46. The Balaban J connectivity index is 1.56. The Morgan fingerprint density at radius 1 is 1.29 bits per heavy atom. The molecule has 4 N–H and O–H groups in total. The summed E-state index contributed by atoms with van der Waals surface area (Å²) in [6, 6.07) is 0.223. The standard InChI is InChI=1S/C18H26F3N5O2/c1-10(11-2-3-11)24-16-14(15(22)27)8-23-17(26-16)25-12-4-6-13(7-5-12)28-9-18(19,20)21/h8,10-13H,2-7,9H2,1H3,(H2,22,27)(H2,23,24,25,26)/t10?,12-,13-. The summed E-state index contributed by atoms with van der Waals surface area (Å²) >= 11 is 0. The molecule has 1 aromatic heterocycles. The fourth-order valence-electron chi connectivity index (χ4n) is 3.44. The molecule has 7 nitrogen and oxygen atoms in total. The van der Waals surface area contributed by atoms with Gasteiger partial charge in [0.05, 0.1) is 11.7 Å². The number of primary amides is 1. The van der Waals surface area contributed by atoms with Gasteiger partial charge in [-0.2, -0.15) is 18.2 Å². The van der Waals surface area contributed by atoms with Gasteiger partial charge in [-0.15, -0.1) is 0 Å². The minimum absolute atomic E-state index is 0.0406. The summed E-state index contributed by atoms with van der Waals surface area (Å²) in [6.45, 7) is 0.835. The van der Waals surface area contributed by atoms with E-state index in [9.17, 15) is 18.0 Å². The summed E-state index contributed by atoms with van der Waals surface area (Å²) in [6.07, 6.45) is 1.41. The summed E-state index contributed by atoms with van der Waals surface area (Å²) in [7, 11) is 0. The lowest BCUT2D eigenvalue weighted by atomic mass is 9.93. The molecule has 10 heteroatoms. The van der Waals surface area contributed by atoms with E-state index >= 15 is 0 Å². The first-order chi connectivity index (χ1) is 13.2. The second kappa shape index (κ2) is 8.50. The molecule has 0 aliphatic heterocycles. The van der Waals surface area contributed by atoms with E-state index in [1.54, 1.807) is 0 Å². The quantitative estimate of drug-likeness (QED) is 0.619. The first kappa shape index (κ1) is 20.6. The summed E-state index contributed by atoms with van der Waals surface area (Å²) < 4.78 is 41.7. The van der Waals surface area contributed by atoms with Gasteiger partial charge in [-0.3, -0.25) is 4.79 Å². The number of alkyl halides is 3. The van der Waals surface area contributed by atoms with E-state index in [4.69, 9.17) is 10.5 Å². The summed E-state index contributed by atoms with van der Waals surface area (Å²) in [5.41, 5.74) is 5.66. The highest BCUT2D eigenvalue weighted by Gasteiger charge is 2.31. The van der Waals surface area contributed by atoms with Gasteiger partial charge in [0.2, 0.25) is 5.95 Å². The number of ether oxygens (including phenoxy) is 1. The molecule has 2 aliphatic carbocycles. The molecule has 156 valence electrons. The van der Waals surface area contributed by atoms with Gasteiger partial charge in [0, 0.05) is 18.3 Å². The predicted octanol–water partition coefficient (Wildman–Crippen LogP) is 3.09. The zero-order valence-corrected chi connectivity index (χ0v) is 15.8. The van der Waals surface area contributed by atoms with E-state index in [1.165, 1.54) is 6.20 Å². The van der Waals surface area contributed by atoms with Gasteiger partial charge in [-0.25, -0.2) is 4.98 Å². The number of nitrogens with two attached hydrogens (primary N) is 1. The number of halogens is 3. The van der Waals surface area contributed by atoms with E-state index in [0.717, 1.165) is 12.8 Å². The van der Waals surface area contributed by atoms with Crippen LogP contribution in [-0.2, 0) is 4.74 Å². The number of nitrogens with one attached hydrogen (secondary N) is 2. The number of carbonyl (C=O) groups excluding carboxylic acids is 1. The van der Waals surface area contributed by atoms with Crippen LogP contribution < -0.4 is 16.4 Å². The first-order valence-corrected chi connectivity index (χ1v) is 9.59. The van der Waals surface area contributed by atoms with Gasteiger partial charge in [0.25, 0.3) is 5.91 Å². The maximum absolute atomic E-state index is 12.3. The number of nitrogens with zero attached hydrogens (tertiary/aromatic N) is 2. The molecule has 2 aliphatic rings. The molecule has 2 fully saturated rings. The van der Waals surface area contributed by atoms with Crippen LogP contribution in [0.5, 0.6) is 0 Å². The van der Waals surface area contributed by atoms with Crippen molar-refractivity contribution in [1.82, 2.24) is 9.97 Å². The van der Waals surface area contributed by atoms with E-state index in [-0.39, 0.29) is 23.8 Å². The summed E-state index contributed by atoms with van der Waals surface area (Å²) in [5.74, 6) is 0.750. The molecule has 1 atom stereocenters. The Hall–Kier alpha value is -2.10. The number of amides is 1. The fourth-order valence-corrected chi connectivity index (χ4v) is 3.44. The van der Waals surface area contributed by atoms with Crippen LogP contribution in [0.2, 0.25) is 0 Å². The normalized spacial score (nSPS) is 23.9. The lowest BCUT2D eigenvalue weighted by Crippen LogP contribution is -2.32. The highest BCUT2D eigenvalue weighted by molar-refractivity contribution is 5.97. The van der Waals surface area contributed by atoms with E-state index in [0.29, 0.717) is 43.4 Å². The van der Waals surface area contributed by atoms with Gasteiger partial charge >= 0.3 is 6.18 Å². The number of hydrogen-bond donors (Lipinski definition) is 3. The largest absolute Gasteiger partial charge is 0.411 e. The monoisotopic (exact) mass is 401 g/mol. The lowest BCUT2D eigenvalue weighted by Gasteiger charge is -2.29. The molecule has 28 heavy (non-hydrogen) atoms. The Morgan fingerprint density at radius 3 is 2.54 bits per heavy atom. The fraction of sp³-hybridized carbons (Fsp3) is 0.722. The highest BCUT2D eigenvalue weighted by atomic mass is 19.4. The number of hydrogen-bond acceptors (Lipinski definition) is 6. The molecule has 1 amide bonds. The Bertz CT molecular complexity index is 688. The van der Waals surface area contributed by atoms with Gasteiger partial charge in [-0.1, -0.05) is 0 Å². The Labute approximate surface area is 161 Å². The Morgan fingerprint density at radius 2 is 1.96 bits per heavy atom. The van der Waals surface area contributed by atoms with Crippen molar-refractivity contribution in [3.8, 4) is 0 Å². The van der Waals surface area contributed by atoms with Crippen molar-refractivity contribution >= 4 is 17.7 Å². The second-order valence-corrected chi connectivity index (χ2v) is 7.63. The van der Waals surface area contributed by atoms with Crippen LogP contribution in [0.25, 0.3) is 0 Å². The van der Waals surface area contributed by atoms with Crippen LogP contribution in [-0.4, -0.2) is 46.8 Å². The second-order valence-electron chi connectivity index (χ2n) is 7.63. The predicted molar refractivity (Wildman–Crippen MR) is 98.0 cm³/mol. The van der Waals surface area contributed by atoms with Crippen molar-refractivity contribution in [2.24, 2.45) is 11.7 Å². The van der Waals surface area contributed by atoms with Crippen LogP contribution in [0.3, 0.4) is 0 Å². The molecule has 1 unspecified atom stereocenters. The van der Waals surface area contributed by atoms with Crippen molar-refractivity contribution < 1.29 is 22.7 Å². The molecule has 0 saturated heterocycles. The van der Waals surface area contributed by atoms with E-state index in [2.05, 4.69) is 20.6 Å². The molecular weight excluding hydrogens is 375 g/mol. The van der Waals surface area contributed by atoms with Crippen LogP contribution in [0.15, 0.2) is 6.20 Å². The van der Waals surface area contributed by atoms with Crippen LogP contribution in [0, 0.1) is 5.92 Å². The topological polar surface area (TPSA) is 102 Å². The minimum Gasteiger partial charge on any atom is -0.369 e. The molecule has 1 aromatic rings. The van der Waals surface area contributed by atoms with Crippen LogP contribution >= 0.6 is 0 Å². The number of aromatic nitrogens is 2. The van der Waals surface area contributed by atoms with Crippen molar-refractivity contribution in [3.05, 3.63) is 11.8 Å². The third kappa shape index (κ3) is 5.95. The molecule has 3 rings (SSSR count). The smallest absolute Gasteiger partial charge is 0.369 e. The average molecular weight is 401 g/mol. The lowest BCUT2D eigenvalue weighted by molar-refractivity contribution is -0.187. The number of carbonyl (C=O) groups is 1. The van der Waals surface area contributed by atoms with E-state index < -0.39 is 18.7 Å². The Kier molecular flexibility index (Phi) is 6.26. The summed E-state index contributed by atoms with van der Waals surface area (Å²) in [4.78, 5) is 20.2. The average Bonchev–Trinajstić information content (AvgIpc) is 3.45. The van der Waals surface area contributed by atoms with Gasteiger partial charge in [0.15, 0.2) is 0 Å². The molecule has 0 spiro atoms. The molecular formula is C18H26F3N5O2. The zero-order valence-electron chi connectivity index (χ0n) is 15.8. The van der Waals surface area contributed by atoms with Crippen LogP contribution in [0.4, 0.5) is 24.9 Å². The maximum Gasteiger partial charge on any atom is 0.411 e. The first-order valence-electron chi connectivity index (χ1n) is 9.59. The maximum atomic E-state index is 12.3. The van der Waals surface area contributed by atoms with Gasteiger partial charge in [0.1, 0.15) is 12.4 Å². The molecule has 0 bridgehead atoms. The third-order valence-corrected chi connectivity index (χ3v) is 5.24. The third-order valence-electron chi connectivity index (χ3n) is 5.24. The van der Waals surface area contributed by atoms with Gasteiger partial charge in [-0.05, 0) is 51.4 Å². The molecule has 1 heterocycles. The van der Waals surface area contributed by atoms with Crippen LogP contribution in [0.1, 0.15) is 55.8 Å². The zero-order chi connectivity index (χ0) is 20.3. The highest BCUT2D eigenvalue weighted by Crippen LogP contribution is 2.34. The van der Waals surface area contributed by atoms with Crippen molar-refractivity contribution in [1.29, 1.82) is 0 Å². The minimum atomic E-state index is -4.30. The SMILES string of the molecule is CC(Nc1nc(N[C@H]2CC[C@H](OCC(F)(F)F)CC2)ncc1C(N)=O)C1CC1. The number of anilines is 2. The molecule has 2 saturated carbocycles. The number of rotatable bonds is 8.